The minimum atomic E-state index is -2.82. The first kappa shape index (κ1) is 22.0. The smallest absolute Gasteiger partial charge is 0.280 e. The summed E-state index contributed by atoms with van der Waals surface area (Å²) in [4.78, 5) is 19.8. The van der Waals surface area contributed by atoms with E-state index >= 15 is 0 Å². The molecule has 34 heavy (non-hydrogen) atoms. The number of nitrogens with zero attached hydrogens (tertiary/aromatic N) is 5. The molecule has 0 N–H and O–H groups in total. The van der Waals surface area contributed by atoms with E-state index in [1.54, 1.807) is 29.2 Å². The van der Waals surface area contributed by atoms with Crippen LogP contribution in [0, 0.1) is 0 Å². The number of aromatic nitrogens is 4. The maximum Gasteiger partial charge on any atom is 0.280 e. The first-order valence-corrected chi connectivity index (χ1v) is 11.1. The Bertz CT molecular complexity index is 1350. The molecule has 0 unspecified atom stereocenters. The molecule has 3 aromatic heterocycles. The van der Waals surface area contributed by atoms with E-state index in [2.05, 4.69) is 15.2 Å². The molecule has 1 aromatic carbocycles. The number of halogens is 2. The third-order valence-corrected chi connectivity index (χ3v) is 6.12. The molecule has 1 saturated heterocycles. The zero-order valence-electron chi connectivity index (χ0n) is 18.7. The third-order valence-electron chi connectivity index (χ3n) is 6.12. The number of likely N-dealkylation sites (tertiary alicyclic amines) is 1. The van der Waals surface area contributed by atoms with Gasteiger partial charge in [-0.05, 0) is 37.5 Å². The molecule has 1 amide bonds. The van der Waals surface area contributed by atoms with Crippen LogP contribution >= 0.6 is 0 Å². The van der Waals surface area contributed by atoms with Gasteiger partial charge in [-0.1, -0.05) is 24.2 Å². The molecule has 4 aromatic rings. The van der Waals surface area contributed by atoms with E-state index < -0.39 is 6.43 Å². The fourth-order valence-electron chi connectivity index (χ4n) is 4.40. The molecule has 1 aliphatic rings. The second kappa shape index (κ2) is 8.85. The van der Waals surface area contributed by atoms with Crippen molar-refractivity contribution in [3.8, 4) is 17.0 Å². The number of carbonyl (C=O) groups is 1. The molecule has 8 nitrogen and oxygen atoms in total. The van der Waals surface area contributed by atoms with E-state index in [1.165, 1.54) is 19.4 Å². The van der Waals surface area contributed by atoms with Crippen LogP contribution in [0.4, 0.5) is 8.78 Å². The standard InChI is InChI=1S/C24H23F2N5O3/c1-3-14-11-21(34-29-14)18-8-6-10-30(18)24(32)16-13-27-31-19(22(25)26)12-17(28-23(16)31)15-7-4-5-9-20(15)33-2/h4-5,7,9,11-13,18,22H,3,6,8,10H2,1-2H3/t18-/m0/s1. The van der Waals surface area contributed by atoms with E-state index in [4.69, 9.17) is 9.26 Å². The van der Waals surface area contributed by atoms with Crippen LogP contribution in [0.25, 0.3) is 16.9 Å². The van der Waals surface area contributed by atoms with Crippen LogP contribution in [0.1, 0.15) is 59.7 Å². The Hall–Kier alpha value is -3.82. The number of para-hydroxylation sites is 1. The Kier molecular flexibility index (Phi) is 5.72. The molecule has 1 atom stereocenters. The minimum Gasteiger partial charge on any atom is -0.496 e. The van der Waals surface area contributed by atoms with Gasteiger partial charge in [-0.3, -0.25) is 4.79 Å². The zero-order valence-corrected chi connectivity index (χ0v) is 18.7. The van der Waals surface area contributed by atoms with Crippen molar-refractivity contribution >= 4 is 11.6 Å². The first-order valence-electron chi connectivity index (χ1n) is 11.1. The van der Waals surface area contributed by atoms with Crippen molar-refractivity contribution < 1.29 is 22.8 Å². The van der Waals surface area contributed by atoms with Gasteiger partial charge in [0.1, 0.15) is 17.0 Å². The summed E-state index contributed by atoms with van der Waals surface area (Å²) in [7, 11) is 1.50. The largest absolute Gasteiger partial charge is 0.496 e. The first-order chi connectivity index (χ1) is 16.5. The lowest BCUT2D eigenvalue weighted by molar-refractivity contribution is 0.0716. The van der Waals surface area contributed by atoms with Gasteiger partial charge in [-0.25, -0.2) is 18.3 Å². The Morgan fingerprint density at radius 3 is 2.85 bits per heavy atom. The summed E-state index contributed by atoms with van der Waals surface area (Å²) in [5.41, 5.74) is 1.50. The summed E-state index contributed by atoms with van der Waals surface area (Å²) in [6, 6.07) is 9.87. The molecule has 4 heterocycles. The molecular formula is C24H23F2N5O3. The van der Waals surface area contributed by atoms with E-state index in [9.17, 15) is 13.6 Å². The number of methoxy groups -OCH3 is 1. The summed E-state index contributed by atoms with van der Waals surface area (Å²) in [6.07, 6.45) is 0.730. The second-order valence-corrected chi connectivity index (χ2v) is 8.09. The lowest BCUT2D eigenvalue weighted by Crippen LogP contribution is -2.30. The number of benzene rings is 1. The van der Waals surface area contributed by atoms with Gasteiger partial charge in [0, 0.05) is 18.2 Å². The summed E-state index contributed by atoms with van der Waals surface area (Å²) in [6.45, 7) is 2.49. The molecule has 5 rings (SSSR count). The van der Waals surface area contributed by atoms with Crippen LogP contribution < -0.4 is 4.74 Å². The number of amides is 1. The van der Waals surface area contributed by atoms with Gasteiger partial charge in [0.15, 0.2) is 11.4 Å². The molecular weight excluding hydrogens is 444 g/mol. The van der Waals surface area contributed by atoms with Gasteiger partial charge in [-0.15, -0.1) is 0 Å². The van der Waals surface area contributed by atoms with Crippen molar-refractivity contribution in [2.24, 2.45) is 0 Å². The van der Waals surface area contributed by atoms with Crippen LogP contribution in [0.2, 0.25) is 0 Å². The van der Waals surface area contributed by atoms with Crippen molar-refractivity contribution in [2.75, 3.05) is 13.7 Å². The van der Waals surface area contributed by atoms with Crippen molar-refractivity contribution in [3.63, 3.8) is 0 Å². The number of alkyl halides is 2. The number of carbonyl (C=O) groups excluding carboxylic acids is 1. The predicted octanol–water partition coefficient (Wildman–Crippen LogP) is 4.87. The maximum absolute atomic E-state index is 14.0. The number of hydrogen-bond acceptors (Lipinski definition) is 6. The highest BCUT2D eigenvalue weighted by Gasteiger charge is 2.35. The Labute approximate surface area is 194 Å². The highest BCUT2D eigenvalue weighted by molar-refractivity contribution is 6.00. The van der Waals surface area contributed by atoms with Crippen molar-refractivity contribution in [1.82, 2.24) is 24.7 Å². The van der Waals surface area contributed by atoms with Crippen LogP contribution in [0.15, 0.2) is 47.1 Å². The Morgan fingerprint density at radius 1 is 1.29 bits per heavy atom. The average molecular weight is 467 g/mol. The highest BCUT2D eigenvalue weighted by atomic mass is 19.3. The molecule has 1 aliphatic heterocycles. The molecule has 0 radical (unpaired) electrons. The Morgan fingerprint density at radius 2 is 2.12 bits per heavy atom. The number of rotatable bonds is 6. The molecule has 10 heteroatoms. The van der Waals surface area contributed by atoms with Gasteiger partial charge in [0.25, 0.3) is 12.3 Å². The van der Waals surface area contributed by atoms with Crippen LogP contribution in [-0.2, 0) is 6.42 Å². The van der Waals surface area contributed by atoms with E-state index in [0.29, 0.717) is 23.6 Å². The average Bonchev–Trinajstić information content (AvgIpc) is 3.61. The van der Waals surface area contributed by atoms with Gasteiger partial charge in [0.05, 0.1) is 30.7 Å². The predicted molar refractivity (Wildman–Crippen MR) is 119 cm³/mol. The summed E-state index contributed by atoms with van der Waals surface area (Å²) in [5.74, 6) is 0.774. The van der Waals surface area contributed by atoms with Gasteiger partial charge in [-0.2, -0.15) is 5.10 Å². The molecule has 1 fully saturated rings. The van der Waals surface area contributed by atoms with Crippen molar-refractivity contribution in [3.05, 3.63) is 65.3 Å². The van der Waals surface area contributed by atoms with Crippen LogP contribution in [0.3, 0.4) is 0 Å². The fraction of sp³-hybridized carbons (Fsp3) is 0.333. The number of fused-ring (bicyclic) bond motifs is 1. The molecule has 0 aliphatic carbocycles. The summed E-state index contributed by atoms with van der Waals surface area (Å²) in [5, 5.41) is 8.13. The normalized spacial score (nSPS) is 16.0. The number of ether oxygens (including phenoxy) is 1. The van der Waals surface area contributed by atoms with E-state index in [-0.39, 0.29) is 34.5 Å². The highest BCUT2D eigenvalue weighted by Crippen LogP contribution is 2.36. The number of hydrogen-bond donors (Lipinski definition) is 0. The summed E-state index contributed by atoms with van der Waals surface area (Å²) >= 11 is 0. The number of aryl methyl sites for hydroxylation is 1. The Balaban J connectivity index is 1.60. The fourth-order valence-corrected chi connectivity index (χ4v) is 4.40. The topological polar surface area (TPSA) is 85.8 Å². The van der Waals surface area contributed by atoms with E-state index in [1.807, 2.05) is 13.0 Å². The SMILES string of the molecule is CCc1cc([C@@H]2CCCN2C(=O)c2cnn3c(C(F)F)cc(-c4ccccc4OC)nc23)on1. The monoisotopic (exact) mass is 467 g/mol. The third kappa shape index (κ3) is 3.68. The quantitative estimate of drug-likeness (QED) is 0.402. The van der Waals surface area contributed by atoms with E-state index in [0.717, 1.165) is 29.5 Å². The van der Waals surface area contributed by atoms with Gasteiger partial charge >= 0.3 is 0 Å². The minimum absolute atomic E-state index is 0.0705. The zero-order chi connectivity index (χ0) is 23.8. The second-order valence-electron chi connectivity index (χ2n) is 8.09. The molecule has 0 saturated carbocycles. The lowest BCUT2D eigenvalue weighted by Gasteiger charge is -2.22. The molecule has 0 bridgehead atoms. The van der Waals surface area contributed by atoms with Crippen molar-refractivity contribution in [1.29, 1.82) is 0 Å². The maximum atomic E-state index is 14.0. The van der Waals surface area contributed by atoms with Crippen LogP contribution in [0.5, 0.6) is 5.75 Å². The van der Waals surface area contributed by atoms with Gasteiger partial charge < -0.3 is 14.2 Å². The van der Waals surface area contributed by atoms with Crippen LogP contribution in [-0.4, -0.2) is 44.2 Å². The van der Waals surface area contributed by atoms with Gasteiger partial charge in [0.2, 0.25) is 0 Å². The lowest BCUT2D eigenvalue weighted by atomic mass is 10.1. The van der Waals surface area contributed by atoms with Crippen molar-refractivity contribution in [2.45, 2.75) is 38.7 Å². The molecule has 0 spiro atoms. The summed E-state index contributed by atoms with van der Waals surface area (Å²) < 4.78 is 39.8. The molecule has 176 valence electrons.